The lowest BCUT2D eigenvalue weighted by Gasteiger charge is -2.22. The summed E-state index contributed by atoms with van der Waals surface area (Å²) in [5.74, 6) is -0.775. The third kappa shape index (κ3) is 3.24. The SMILES string of the molecule is CC(C)=C1C=CC=CC1C(=O)N[C@@H]1O[C@H](CO)[C@@H](O)[C@H]1O. The summed E-state index contributed by atoms with van der Waals surface area (Å²) in [6.45, 7) is 3.42. The second-order valence-electron chi connectivity index (χ2n) is 5.44. The first-order valence-corrected chi connectivity index (χ1v) is 6.90. The first kappa shape index (κ1) is 15.9. The first-order valence-electron chi connectivity index (χ1n) is 6.90. The molecule has 2 rings (SSSR count). The number of amides is 1. The van der Waals surface area contributed by atoms with E-state index in [1.165, 1.54) is 0 Å². The third-order valence-corrected chi connectivity index (χ3v) is 3.71. The maximum atomic E-state index is 12.4. The molecule has 1 amide bonds. The van der Waals surface area contributed by atoms with E-state index in [-0.39, 0.29) is 5.91 Å². The van der Waals surface area contributed by atoms with Crippen LogP contribution in [-0.2, 0) is 9.53 Å². The number of ether oxygens (including phenoxy) is 1. The molecule has 0 saturated carbocycles. The number of aliphatic hydroxyl groups excluding tert-OH is 3. The second-order valence-corrected chi connectivity index (χ2v) is 5.44. The normalized spacial score (nSPS) is 35.1. The smallest absolute Gasteiger partial charge is 0.233 e. The predicted molar refractivity (Wildman–Crippen MR) is 76.0 cm³/mol. The average molecular weight is 295 g/mol. The van der Waals surface area contributed by atoms with Gasteiger partial charge in [-0.25, -0.2) is 0 Å². The van der Waals surface area contributed by atoms with Gasteiger partial charge >= 0.3 is 0 Å². The van der Waals surface area contributed by atoms with Crippen LogP contribution in [0.2, 0.25) is 0 Å². The second kappa shape index (κ2) is 6.53. The lowest BCUT2D eigenvalue weighted by Crippen LogP contribution is -2.46. The molecule has 6 heteroatoms. The fourth-order valence-corrected chi connectivity index (χ4v) is 2.50. The number of nitrogens with one attached hydrogen (secondary N) is 1. The molecular weight excluding hydrogens is 274 g/mol. The van der Waals surface area contributed by atoms with Crippen molar-refractivity contribution in [2.24, 2.45) is 5.92 Å². The number of carbonyl (C=O) groups excluding carboxylic acids is 1. The molecule has 6 nitrogen and oxygen atoms in total. The van der Waals surface area contributed by atoms with Crippen LogP contribution in [0.5, 0.6) is 0 Å². The minimum absolute atomic E-state index is 0.318. The molecule has 0 spiro atoms. The van der Waals surface area contributed by atoms with E-state index in [2.05, 4.69) is 5.32 Å². The van der Waals surface area contributed by atoms with Crippen LogP contribution in [0, 0.1) is 5.92 Å². The molecule has 0 aromatic carbocycles. The molecule has 2 aliphatic rings. The summed E-state index contributed by atoms with van der Waals surface area (Å²) in [5.41, 5.74) is 1.92. The Labute approximate surface area is 123 Å². The van der Waals surface area contributed by atoms with Crippen molar-refractivity contribution in [3.05, 3.63) is 35.5 Å². The molecule has 0 aromatic rings. The molecule has 5 atom stereocenters. The lowest BCUT2D eigenvalue weighted by molar-refractivity contribution is -0.129. The van der Waals surface area contributed by atoms with Gasteiger partial charge in [0.15, 0.2) is 6.23 Å². The zero-order chi connectivity index (χ0) is 15.6. The van der Waals surface area contributed by atoms with Gasteiger partial charge in [-0.05, 0) is 19.4 Å². The molecule has 1 aliphatic heterocycles. The average Bonchev–Trinajstić information content (AvgIpc) is 2.75. The van der Waals surface area contributed by atoms with Gasteiger partial charge in [0.05, 0.1) is 12.5 Å². The van der Waals surface area contributed by atoms with Gasteiger partial charge < -0.3 is 25.4 Å². The lowest BCUT2D eigenvalue weighted by atomic mass is 9.90. The van der Waals surface area contributed by atoms with Crippen LogP contribution in [0.3, 0.4) is 0 Å². The van der Waals surface area contributed by atoms with Crippen molar-refractivity contribution in [2.45, 2.75) is 38.4 Å². The molecule has 0 aromatic heterocycles. The van der Waals surface area contributed by atoms with Gasteiger partial charge in [0, 0.05) is 0 Å². The fraction of sp³-hybridized carbons (Fsp3) is 0.533. The van der Waals surface area contributed by atoms with Crippen molar-refractivity contribution in [3.8, 4) is 0 Å². The standard InChI is InChI=1S/C15H21NO5/c1-8(2)9-5-3-4-6-10(9)14(20)16-15-13(19)12(18)11(7-17)21-15/h3-6,10-13,15,17-19H,7H2,1-2H3,(H,16,20)/t10?,11-,12-,13-,15-/m1/s1. The van der Waals surface area contributed by atoms with Crippen molar-refractivity contribution < 1.29 is 24.9 Å². The van der Waals surface area contributed by atoms with Gasteiger partial charge in [-0.2, -0.15) is 0 Å². The fourth-order valence-electron chi connectivity index (χ4n) is 2.50. The number of hydrogen-bond acceptors (Lipinski definition) is 5. The third-order valence-electron chi connectivity index (χ3n) is 3.71. The zero-order valence-electron chi connectivity index (χ0n) is 12.1. The highest BCUT2D eigenvalue weighted by molar-refractivity contribution is 5.85. The molecular formula is C15H21NO5. The number of rotatable bonds is 3. The van der Waals surface area contributed by atoms with E-state index in [0.717, 1.165) is 11.1 Å². The van der Waals surface area contributed by atoms with E-state index < -0.39 is 37.1 Å². The molecule has 0 radical (unpaired) electrons. The van der Waals surface area contributed by atoms with E-state index in [1.54, 1.807) is 12.2 Å². The minimum Gasteiger partial charge on any atom is -0.394 e. The Bertz CT molecular complexity index is 492. The topological polar surface area (TPSA) is 99.0 Å². The summed E-state index contributed by atoms with van der Waals surface area (Å²) in [6, 6.07) is 0. The van der Waals surface area contributed by atoms with Gasteiger partial charge in [-0.3, -0.25) is 4.79 Å². The summed E-state index contributed by atoms with van der Waals surface area (Å²) in [6.07, 6.45) is 2.88. The van der Waals surface area contributed by atoms with Crippen LogP contribution >= 0.6 is 0 Å². The summed E-state index contributed by atoms with van der Waals surface area (Å²) in [4.78, 5) is 12.4. The van der Waals surface area contributed by atoms with Gasteiger partial charge in [-0.1, -0.05) is 29.9 Å². The monoisotopic (exact) mass is 295 g/mol. The largest absolute Gasteiger partial charge is 0.394 e. The van der Waals surface area contributed by atoms with Gasteiger partial charge in [0.1, 0.15) is 18.3 Å². The van der Waals surface area contributed by atoms with E-state index in [0.29, 0.717) is 0 Å². The highest BCUT2D eigenvalue weighted by atomic mass is 16.6. The van der Waals surface area contributed by atoms with Crippen LogP contribution in [0.15, 0.2) is 35.5 Å². The van der Waals surface area contributed by atoms with Crippen molar-refractivity contribution >= 4 is 5.91 Å². The predicted octanol–water partition coefficient (Wildman–Crippen LogP) is -0.380. The Morgan fingerprint density at radius 3 is 2.57 bits per heavy atom. The van der Waals surface area contributed by atoms with Gasteiger partial charge in [-0.15, -0.1) is 0 Å². The van der Waals surface area contributed by atoms with E-state index in [1.807, 2.05) is 26.0 Å². The Hall–Kier alpha value is -1.47. The summed E-state index contributed by atoms with van der Waals surface area (Å²) in [7, 11) is 0. The van der Waals surface area contributed by atoms with Crippen molar-refractivity contribution in [2.75, 3.05) is 6.61 Å². The maximum absolute atomic E-state index is 12.4. The molecule has 1 saturated heterocycles. The van der Waals surface area contributed by atoms with Gasteiger partial charge in [0.2, 0.25) is 5.91 Å². The molecule has 1 aliphatic carbocycles. The Morgan fingerprint density at radius 2 is 2.00 bits per heavy atom. The van der Waals surface area contributed by atoms with Crippen LogP contribution in [-0.4, -0.2) is 52.4 Å². The number of allylic oxidation sites excluding steroid dienone is 4. The molecule has 1 unspecified atom stereocenters. The highest BCUT2D eigenvalue weighted by Crippen LogP contribution is 2.24. The molecule has 116 valence electrons. The Morgan fingerprint density at radius 1 is 1.29 bits per heavy atom. The van der Waals surface area contributed by atoms with Gasteiger partial charge in [0.25, 0.3) is 0 Å². The zero-order valence-corrected chi connectivity index (χ0v) is 12.1. The molecule has 1 heterocycles. The maximum Gasteiger partial charge on any atom is 0.233 e. The summed E-state index contributed by atoms with van der Waals surface area (Å²) >= 11 is 0. The van der Waals surface area contributed by atoms with E-state index in [4.69, 9.17) is 9.84 Å². The van der Waals surface area contributed by atoms with Crippen LogP contribution in [0.1, 0.15) is 13.8 Å². The first-order chi connectivity index (χ1) is 9.95. The van der Waals surface area contributed by atoms with Crippen molar-refractivity contribution in [1.82, 2.24) is 5.32 Å². The number of aliphatic hydroxyl groups is 3. The molecule has 21 heavy (non-hydrogen) atoms. The molecule has 0 bridgehead atoms. The van der Waals surface area contributed by atoms with Crippen LogP contribution in [0.25, 0.3) is 0 Å². The molecule has 4 N–H and O–H groups in total. The minimum atomic E-state index is -1.26. The van der Waals surface area contributed by atoms with E-state index >= 15 is 0 Å². The van der Waals surface area contributed by atoms with E-state index in [9.17, 15) is 15.0 Å². The summed E-state index contributed by atoms with van der Waals surface area (Å²) in [5, 5.41) is 31.1. The number of hydrogen-bond donors (Lipinski definition) is 4. The molecule has 1 fully saturated rings. The Balaban J connectivity index is 2.07. The highest BCUT2D eigenvalue weighted by Gasteiger charge is 2.43. The number of carbonyl (C=O) groups is 1. The van der Waals surface area contributed by atoms with Crippen LogP contribution < -0.4 is 5.32 Å². The quantitative estimate of drug-likeness (QED) is 0.569. The summed E-state index contributed by atoms with van der Waals surface area (Å²) < 4.78 is 5.25. The van der Waals surface area contributed by atoms with Crippen molar-refractivity contribution in [1.29, 1.82) is 0 Å². The van der Waals surface area contributed by atoms with Crippen molar-refractivity contribution in [3.63, 3.8) is 0 Å². The van der Waals surface area contributed by atoms with Crippen LogP contribution in [0.4, 0.5) is 0 Å². The Kier molecular flexibility index (Phi) is 4.95.